The number of halogens is 3. The third kappa shape index (κ3) is 4.95. The number of carbonyl (C=O) groups excluding carboxylic acids is 1. The highest BCUT2D eigenvalue weighted by Crippen LogP contribution is 2.24. The fourth-order valence-electron chi connectivity index (χ4n) is 2.49. The average molecular weight is 362 g/mol. The molecule has 1 saturated carbocycles. The second kappa shape index (κ2) is 7.73. The van der Waals surface area contributed by atoms with Crippen molar-refractivity contribution in [1.82, 2.24) is 5.32 Å². The second-order valence-corrected chi connectivity index (χ2v) is 6.32. The molecular formula is C15H18BrF2NO2. The molecule has 0 heterocycles. The Bertz CT molecular complexity index is 484. The number of alkyl halides is 3. The normalized spacial score (nSPS) is 22.7. The van der Waals surface area contributed by atoms with Gasteiger partial charge in [-0.05, 0) is 31.0 Å². The van der Waals surface area contributed by atoms with E-state index in [9.17, 15) is 13.6 Å². The summed E-state index contributed by atoms with van der Waals surface area (Å²) in [6.45, 7) is -2.89. The van der Waals surface area contributed by atoms with E-state index in [1.165, 1.54) is 24.6 Å². The van der Waals surface area contributed by atoms with E-state index in [2.05, 4.69) is 26.0 Å². The van der Waals surface area contributed by atoms with Crippen LogP contribution in [0.1, 0.15) is 42.5 Å². The highest BCUT2D eigenvalue weighted by atomic mass is 79.9. The van der Waals surface area contributed by atoms with Gasteiger partial charge in [-0.2, -0.15) is 8.78 Å². The lowest BCUT2D eigenvalue weighted by Crippen LogP contribution is -2.40. The zero-order valence-electron chi connectivity index (χ0n) is 11.5. The molecule has 0 spiro atoms. The maximum Gasteiger partial charge on any atom is 0.387 e. The minimum atomic E-state index is -2.89. The summed E-state index contributed by atoms with van der Waals surface area (Å²) in [6, 6.07) is 5.93. The van der Waals surface area contributed by atoms with Crippen molar-refractivity contribution in [2.24, 2.45) is 0 Å². The van der Waals surface area contributed by atoms with Crippen LogP contribution in [-0.4, -0.2) is 23.4 Å². The molecule has 21 heavy (non-hydrogen) atoms. The molecule has 1 aliphatic carbocycles. The summed E-state index contributed by atoms with van der Waals surface area (Å²) in [4.78, 5) is 12.5. The lowest BCUT2D eigenvalue weighted by molar-refractivity contribution is -0.0498. The van der Waals surface area contributed by atoms with Gasteiger partial charge in [0.2, 0.25) is 0 Å². The van der Waals surface area contributed by atoms with Crippen LogP contribution in [0.25, 0.3) is 0 Å². The van der Waals surface area contributed by atoms with Gasteiger partial charge in [0.1, 0.15) is 5.75 Å². The summed E-state index contributed by atoms with van der Waals surface area (Å²) in [5.74, 6) is -0.264. The minimum Gasteiger partial charge on any atom is -0.435 e. The lowest BCUT2D eigenvalue weighted by atomic mass is 10.1. The second-order valence-electron chi connectivity index (χ2n) is 5.14. The SMILES string of the molecule is O=C(NC1CCCCCC1Br)c1cccc(OC(F)F)c1. The predicted molar refractivity (Wildman–Crippen MR) is 80.1 cm³/mol. The van der Waals surface area contributed by atoms with Crippen LogP contribution in [0.3, 0.4) is 0 Å². The molecule has 1 fully saturated rings. The summed E-state index contributed by atoms with van der Waals surface area (Å²) in [5.41, 5.74) is 0.331. The Kier molecular flexibility index (Phi) is 5.96. The van der Waals surface area contributed by atoms with Crippen molar-refractivity contribution in [2.45, 2.75) is 49.6 Å². The molecule has 0 radical (unpaired) electrons. The van der Waals surface area contributed by atoms with Gasteiger partial charge in [0.05, 0.1) is 0 Å². The first-order valence-corrected chi connectivity index (χ1v) is 7.97. The van der Waals surface area contributed by atoms with E-state index >= 15 is 0 Å². The van der Waals surface area contributed by atoms with Gasteiger partial charge in [0, 0.05) is 16.4 Å². The Balaban J connectivity index is 2.02. The maximum atomic E-state index is 12.2. The Labute approximate surface area is 131 Å². The zero-order valence-corrected chi connectivity index (χ0v) is 13.1. The van der Waals surface area contributed by atoms with E-state index in [1.807, 2.05) is 0 Å². The minimum absolute atomic E-state index is 0.00564. The number of rotatable bonds is 4. The van der Waals surface area contributed by atoms with E-state index in [1.54, 1.807) is 6.07 Å². The molecule has 1 aliphatic rings. The smallest absolute Gasteiger partial charge is 0.387 e. The Morgan fingerprint density at radius 1 is 1.29 bits per heavy atom. The molecule has 1 aromatic rings. The number of carbonyl (C=O) groups is 1. The fraction of sp³-hybridized carbons (Fsp3) is 0.533. The number of benzene rings is 1. The number of amides is 1. The molecule has 1 N–H and O–H groups in total. The number of hydrogen-bond donors (Lipinski definition) is 1. The summed E-state index contributed by atoms with van der Waals surface area (Å²) in [7, 11) is 0. The van der Waals surface area contributed by atoms with Gasteiger partial charge >= 0.3 is 6.61 Å². The van der Waals surface area contributed by atoms with Crippen molar-refractivity contribution < 1.29 is 18.3 Å². The lowest BCUT2D eigenvalue weighted by Gasteiger charge is -2.21. The van der Waals surface area contributed by atoms with Crippen LogP contribution in [0.4, 0.5) is 8.78 Å². The molecule has 2 atom stereocenters. The molecular weight excluding hydrogens is 344 g/mol. The van der Waals surface area contributed by atoms with E-state index in [4.69, 9.17) is 0 Å². The van der Waals surface area contributed by atoms with Crippen molar-refractivity contribution in [1.29, 1.82) is 0 Å². The van der Waals surface area contributed by atoms with E-state index < -0.39 is 6.61 Å². The molecule has 0 aliphatic heterocycles. The van der Waals surface area contributed by atoms with Gasteiger partial charge < -0.3 is 10.1 Å². The third-order valence-corrected chi connectivity index (χ3v) is 4.67. The van der Waals surface area contributed by atoms with Crippen molar-refractivity contribution in [3.8, 4) is 5.75 Å². The van der Waals surface area contributed by atoms with E-state index in [0.717, 1.165) is 25.7 Å². The van der Waals surface area contributed by atoms with Gasteiger partial charge in [-0.25, -0.2) is 0 Å². The van der Waals surface area contributed by atoms with Crippen LogP contribution in [0, 0.1) is 0 Å². The summed E-state index contributed by atoms with van der Waals surface area (Å²) < 4.78 is 28.7. The van der Waals surface area contributed by atoms with Gasteiger partial charge in [0.15, 0.2) is 0 Å². The van der Waals surface area contributed by atoms with Crippen LogP contribution in [-0.2, 0) is 0 Å². The molecule has 0 bridgehead atoms. The van der Waals surface area contributed by atoms with Gasteiger partial charge in [-0.1, -0.05) is 41.3 Å². The first kappa shape index (κ1) is 16.2. The molecule has 2 rings (SSSR count). The van der Waals surface area contributed by atoms with Crippen molar-refractivity contribution >= 4 is 21.8 Å². The summed E-state index contributed by atoms with van der Waals surface area (Å²) in [6.07, 6.45) is 5.36. The molecule has 1 amide bonds. The van der Waals surface area contributed by atoms with Crippen LogP contribution < -0.4 is 10.1 Å². The molecule has 116 valence electrons. The van der Waals surface area contributed by atoms with E-state index in [0.29, 0.717) is 5.56 Å². The summed E-state index contributed by atoms with van der Waals surface area (Å²) >= 11 is 3.61. The topological polar surface area (TPSA) is 38.3 Å². The van der Waals surface area contributed by atoms with E-state index in [-0.39, 0.29) is 22.5 Å². The largest absolute Gasteiger partial charge is 0.435 e. The number of hydrogen-bond acceptors (Lipinski definition) is 2. The van der Waals surface area contributed by atoms with Crippen LogP contribution >= 0.6 is 15.9 Å². The molecule has 6 heteroatoms. The third-order valence-electron chi connectivity index (χ3n) is 3.57. The first-order chi connectivity index (χ1) is 10.1. The van der Waals surface area contributed by atoms with Gasteiger partial charge in [-0.15, -0.1) is 0 Å². The highest BCUT2D eigenvalue weighted by Gasteiger charge is 2.23. The average Bonchev–Trinajstić information content (AvgIpc) is 2.64. The Hall–Kier alpha value is -1.17. The van der Waals surface area contributed by atoms with Crippen molar-refractivity contribution in [3.63, 3.8) is 0 Å². The molecule has 0 saturated heterocycles. The maximum absolute atomic E-state index is 12.2. The van der Waals surface area contributed by atoms with Crippen LogP contribution in [0.15, 0.2) is 24.3 Å². The Morgan fingerprint density at radius 3 is 2.81 bits per heavy atom. The highest BCUT2D eigenvalue weighted by molar-refractivity contribution is 9.09. The fourth-order valence-corrected chi connectivity index (χ4v) is 3.21. The Morgan fingerprint density at radius 2 is 2.05 bits per heavy atom. The van der Waals surface area contributed by atoms with Crippen molar-refractivity contribution in [3.05, 3.63) is 29.8 Å². The zero-order chi connectivity index (χ0) is 15.2. The van der Waals surface area contributed by atoms with Crippen molar-refractivity contribution in [2.75, 3.05) is 0 Å². The predicted octanol–water partition coefficient (Wildman–Crippen LogP) is 4.11. The molecule has 0 aromatic heterocycles. The quantitative estimate of drug-likeness (QED) is 0.647. The summed E-state index contributed by atoms with van der Waals surface area (Å²) in [5, 5.41) is 2.98. The van der Waals surface area contributed by atoms with Gasteiger partial charge in [-0.3, -0.25) is 4.79 Å². The van der Waals surface area contributed by atoms with Gasteiger partial charge in [0.25, 0.3) is 5.91 Å². The first-order valence-electron chi connectivity index (χ1n) is 7.06. The molecule has 1 aromatic carbocycles. The standard InChI is InChI=1S/C15H18BrF2NO2/c16-12-7-2-1-3-8-13(12)19-14(20)10-5-4-6-11(9-10)21-15(17)18/h4-6,9,12-13,15H,1-3,7-8H2,(H,19,20). The molecule has 2 unspecified atom stereocenters. The van der Waals surface area contributed by atoms with Crippen LogP contribution in [0.5, 0.6) is 5.75 Å². The number of nitrogens with one attached hydrogen (secondary N) is 1. The van der Waals surface area contributed by atoms with Crippen LogP contribution in [0.2, 0.25) is 0 Å². The number of ether oxygens (including phenoxy) is 1. The molecule has 3 nitrogen and oxygen atoms in total. The monoisotopic (exact) mass is 361 g/mol.